The highest BCUT2D eigenvalue weighted by Gasteiger charge is 2.27. The molecule has 0 saturated carbocycles. The minimum atomic E-state index is -0.855. The molecular weight excluding hydrogens is 244 g/mol. The van der Waals surface area contributed by atoms with Gasteiger partial charge in [-0.25, -0.2) is 4.79 Å². The van der Waals surface area contributed by atoms with Gasteiger partial charge in [-0.05, 0) is 32.6 Å². The second-order valence-electron chi connectivity index (χ2n) is 6.08. The molecule has 5 heteroatoms. The van der Waals surface area contributed by atoms with Crippen LogP contribution in [0.3, 0.4) is 0 Å². The van der Waals surface area contributed by atoms with Crippen LogP contribution in [0.25, 0.3) is 0 Å². The predicted octanol–water partition coefficient (Wildman–Crippen LogP) is 2.56. The maximum atomic E-state index is 12.0. The fourth-order valence-corrected chi connectivity index (χ4v) is 1.68. The van der Waals surface area contributed by atoms with E-state index in [-0.39, 0.29) is 18.1 Å². The van der Waals surface area contributed by atoms with Crippen LogP contribution < -0.4 is 5.32 Å². The number of amides is 2. The van der Waals surface area contributed by atoms with Gasteiger partial charge in [-0.15, -0.1) is 0 Å². The Balaban J connectivity index is 4.45. The van der Waals surface area contributed by atoms with Crippen LogP contribution in [0.4, 0.5) is 4.79 Å². The standard InChI is InChI=1S/C14H28N2O3/c1-7-14(4,5)16(6)13(19)15-9-11(12(17)18)8-10(2)3/h10-11H,7-9H2,1-6H3,(H,15,19)(H,17,18). The van der Waals surface area contributed by atoms with E-state index in [1.54, 1.807) is 11.9 Å². The van der Waals surface area contributed by atoms with Crippen molar-refractivity contribution in [3.8, 4) is 0 Å². The van der Waals surface area contributed by atoms with E-state index in [9.17, 15) is 9.59 Å². The van der Waals surface area contributed by atoms with E-state index in [0.29, 0.717) is 12.3 Å². The number of carboxylic acids is 1. The molecule has 0 bridgehead atoms. The maximum absolute atomic E-state index is 12.0. The number of aliphatic carboxylic acids is 1. The normalized spacial score (nSPS) is 13.2. The molecule has 112 valence electrons. The average molecular weight is 272 g/mol. The summed E-state index contributed by atoms with van der Waals surface area (Å²) >= 11 is 0. The SMILES string of the molecule is CCC(C)(C)N(C)C(=O)NCC(CC(C)C)C(=O)O. The molecule has 0 aromatic carbocycles. The summed E-state index contributed by atoms with van der Waals surface area (Å²) < 4.78 is 0. The zero-order chi connectivity index (χ0) is 15.2. The molecule has 19 heavy (non-hydrogen) atoms. The highest BCUT2D eigenvalue weighted by Crippen LogP contribution is 2.16. The van der Waals surface area contributed by atoms with E-state index in [4.69, 9.17) is 5.11 Å². The topological polar surface area (TPSA) is 69.6 Å². The van der Waals surface area contributed by atoms with Crippen molar-refractivity contribution >= 4 is 12.0 Å². The third kappa shape index (κ3) is 5.94. The van der Waals surface area contributed by atoms with Crippen molar-refractivity contribution in [3.63, 3.8) is 0 Å². The van der Waals surface area contributed by atoms with Crippen molar-refractivity contribution in [2.75, 3.05) is 13.6 Å². The summed E-state index contributed by atoms with van der Waals surface area (Å²) in [6.07, 6.45) is 1.40. The molecule has 5 nitrogen and oxygen atoms in total. The molecule has 0 aliphatic heterocycles. The Hall–Kier alpha value is -1.26. The van der Waals surface area contributed by atoms with Crippen LogP contribution >= 0.6 is 0 Å². The quantitative estimate of drug-likeness (QED) is 0.748. The molecule has 0 spiro atoms. The number of nitrogens with one attached hydrogen (secondary N) is 1. The molecule has 0 rings (SSSR count). The van der Waals surface area contributed by atoms with Gasteiger partial charge in [-0.3, -0.25) is 4.79 Å². The van der Waals surface area contributed by atoms with Gasteiger partial charge in [-0.2, -0.15) is 0 Å². The molecule has 0 heterocycles. The lowest BCUT2D eigenvalue weighted by molar-refractivity contribution is -0.142. The molecule has 0 saturated heterocycles. The molecule has 0 aromatic rings. The predicted molar refractivity (Wildman–Crippen MR) is 76.1 cm³/mol. The Labute approximate surface area is 116 Å². The summed E-state index contributed by atoms with van der Waals surface area (Å²) in [5.74, 6) is -1.09. The number of carboxylic acid groups (broad SMARTS) is 1. The van der Waals surface area contributed by atoms with Crippen molar-refractivity contribution in [3.05, 3.63) is 0 Å². The van der Waals surface area contributed by atoms with Crippen LogP contribution in [0.5, 0.6) is 0 Å². The third-order valence-corrected chi connectivity index (χ3v) is 3.68. The Morgan fingerprint density at radius 1 is 1.32 bits per heavy atom. The molecule has 1 atom stereocenters. The Morgan fingerprint density at radius 3 is 2.21 bits per heavy atom. The van der Waals surface area contributed by atoms with Gasteiger partial charge in [0.1, 0.15) is 0 Å². The van der Waals surface area contributed by atoms with Gasteiger partial charge in [0.15, 0.2) is 0 Å². The number of carbonyl (C=O) groups is 2. The second-order valence-corrected chi connectivity index (χ2v) is 6.08. The van der Waals surface area contributed by atoms with E-state index in [2.05, 4.69) is 5.32 Å². The Bertz CT molecular complexity index is 314. The monoisotopic (exact) mass is 272 g/mol. The number of hydrogen-bond acceptors (Lipinski definition) is 2. The number of hydrogen-bond donors (Lipinski definition) is 2. The molecule has 0 aliphatic carbocycles. The summed E-state index contributed by atoms with van der Waals surface area (Å²) in [7, 11) is 1.73. The number of carbonyl (C=O) groups excluding carboxylic acids is 1. The highest BCUT2D eigenvalue weighted by atomic mass is 16.4. The molecule has 0 radical (unpaired) electrons. The van der Waals surface area contributed by atoms with E-state index >= 15 is 0 Å². The van der Waals surface area contributed by atoms with Crippen LogP contribution in [0.1, 0.15) is 47.5 Å². The van der Waals surface area contributed by atoms with Crippen LogP contribution in [0, 0.1) is 11.8 Å². The van der Waals surface area contributed by atoms with Gasteiger partial charge in [0.05, 0.1) is 5.92 Å². The molecule has 0 aliphatic rings. The summed E-state index contributed by atoms with van der Waals surface area (Å²) in [6, 6.07) is -0.221. The molecule has 2 amide bonds. The number of nitrogens with zero attached hydrogens (tertiary/aromatic N) is 1. The minimum absolute atomic E-state index is 0.177. The smallest absolute Gasteiger partial charge is 0.317 e. The van der Waals surface area contributed by atoms with Crippen LogP contribution in [0.15, 0.2) is 0 Å². The van der Waals surface area contributed by atoms with Gasteiger partial charge in [0.25, 0.3) is 0 Å². The summed E-state index contributed by atoms with van der Waals surface area (Å²) in [6.45, 7) is 10.1. The third-order valence-electron chi connectivity index (χ3n) is 3.68. The fraction of sp³-hybridized carbons (Fsp3) is 0.857. The first-order valence-electron chi connectivity index (χ1n) is 6.86. The molecule has 2 N–H and O–H groups in total. The van der Waals surface area contributed by atoms with Crippen molar-refractivity contribution < 1.29 is 14.7 Å². The second kappa shape index (κ2) is 7.36. The van der Waals surface area contributed by atoms with Crippen LogP contribution in [-0.4, -0.2) is 41.1 Å². The zero-order valence-electron chi connectivity index (χ0n) is 13.0. The lowest BCUT2D eigenvalue weighted by atomic mass is 9.97. The van der Waals surface area contributed by atoms with E-state index in [0.717, 1.165) is 6.42 Å². The average Bonchev–Trinajstić information content (AvgIpc) is 2.32. The van der Waals surface area contributed by atoms with Crippen molar-refractivity contribution in [1.82, 2.24) is 10.2 Å². The Kier molecular flexibility index (Phi) is 6.87. The van der Waals surface area contributed by atoms with Crippen LogP contribution in [-0.2, 0) is 4.79 Å². The van der Waals surface area contributed by atoms with Crippen molar-refractivity contribution in [2.24, 2.45) is 11.8 Å². The fourth-order valence-electron chi connectivity index (χ4n) is 1.68. The summed E-state index contributed by atoms with van der Waals surface area (Å²) in [4.78, 5) is 24.7. The molecule has 0 aromatic heterocycles. The maximum Gasteiger partial charge on any atom is 0.317 e. The first kappa shape index (κ1) is 17.7. The largest absolute Gasteiger partial charge is 0.481 e. The van der Waals surface area contributed by atoms with Gasteiger partial charge >= 0.3 is 12.0 Å². The van der Waals surface area contributed by atoms with Gasteiger partial charge in [-0.1, -0.05) is 20.8 Å². The van der Waals surface area contributed by atoms with Gasteiger partial charge in [0.2, 0.25) is 0 Å². The van der Waals surface area contributed by atoms with E-state index in [1.807, 2.05) is 34.6 Å². The van der Waals surface area contributed by atoms with E-state index in [1.165, 1.54) is 0 Å². The first-order chi connectivity index (χ1) is 8.61. The van der Waals surface area contributed by atoms with Crippen molar-refractivity contribution in [1.29, 1.82) is 0 Å². The van der Waals surface area contributed by atoms with Gasteiger partial charge < -0.3 is 15.3 Å². The highest BCUT2D eigenvalue weighted by molar-refractivity contribution is 5.76. The van der Waals surface area contributed by atoms with Crippen molar-refractivity contribution in [2.45, 2.75) is 53.0 Å². The van der Waals surface area contributed by atoms with Gasteiger partial charge in [0, 0.05) is 19.1 Å². The number of rotatable bonds is 7. The summed E-state index contributed by atoms with van der Waals surface area (Å²) in [5.41, 5.74) is -0.235. The number of urea groups is 1. The molecule has 1 unspecified atom stereocenters. The van der Waals surface area contributed by atoms with Crippen LogP contribution in [0.2, 0.25) is 0 Å². The summed E-state index contributed by atoms with van der Waals surface area (Å²) in [5, 5.41) is 11.8. The molecule has 0 fully saturated rings. The first-order valence-corrected chi connectivity index (χ1v) is 6.86. The van der Waals surface area contributed by atoms with E-state index < -0.39 is 11.9 Å². The lowest BCUT2D eigenvalue weighted by Crippen LogP contribution is -2.50. The zero-order valence-corrected chi connectivity index (χ0v) is 13.0. The Morgan fingerprint density at radius 2 is 1.84 bits per heavy atom. The lowest BCUT2D eigenvalue weighted by Gasteiger charge is -2.35. The minimum Gasteiger partial charge on any atom is -0.481 e. The molecular formula is C14H28N2O3.